The van der Waals surface area contributed by atoms with Crippen LogP contribution in [0.25, 0.3) is 10.9 Å². The lowest BCUT2D eigenvalue weighted by molar-refractivity contribution is -0.145. The van der Waals surface area contributed by atoms with Gasteiger partial charge < -0.3 is 14.4 Å². The second kappa shape index (κ2) is 13.8. The Morgan fingerprint density at radius 3 is 2.38 bits per heavy atom. The van der Waals surface area contributed by atoms with E-state index in [1.165, 1.54) is 6.07 Å². The van der Waals surface area contributed by atoms with E-state index >= 15 is 0 Å². The highest BCUT2D eigenvalue weighted by Gasteiger charge is 2.34. The zero-order valence-electron chi connectivity index (χ0n) is 23.7. The molecule has 0 saturated carbocycles. The number of aliphatic carboxylic acids is 1. The van der Waals surface area contributed by atoms with Gasteiger partial charge in [-0.1, -0.05) is 67.1 Å². The van der Waals surface area contributed by atoms with E-state index in [4.69, 9.17) is 16.3 Å². The summed E-state index contributed by atoms with van der Waals surface area (Å²) >= 11 is 6.23. The van der Waals surface area contributed by atoms with Crippen LogP contribution in [0.3, 0.4) is 0 Å². The van der Waals surface area contributed by atoms with Gasteiger partial charge in [-0.2, -0.15) is 13.2 Å². The third-order valence-electron chi connectivity index (χ3n) is 7.37. The van der Waals surface area contributed by atoms with Gasteiger partial charge in [0.15, 0.2) is 0 Å². The van der Waals surface area contributed by atoms with Crippen LogP contribution in [-0.2, 0) is 23.1 Å². The van der Waals surface area contributed by atoms with Crippen LogP contribution >= 0.6 is 24.0 Å². The molecule has 0 amide bonds. The average Bonchev–Trinajstić information content (AvgIpc) is 3.37. The van der Waals surface area contributed by atoms with Gasteiger partial charge in [0.25, 0.3) is 0 Å². The molecule has 3 aromatic carbocycles. The monoisotopic (exact) mass is 622 g/mol. The lowest BCUT2D eigenvalue weighted by Crippen LogP contribution is -2.34. The van der Waals surface area contributed by atoms with Crippen LogP contribution in [0.4, 0.5) is 13.2 Å². The van der Waals surface area contributed by atoms with Gasteiger partial charge in [0, 0.05) is 31.2 Å². The number of nitrogens with zero attached hydrogens (tertiary/aromatic N) is 2. The standard InChI is InChI=1S/C32H34ClF3N2O3.ClH/c1-22(23-10-5-4-6-11-23)20-37(21-24-12-7-13-26(29(24)33)32(34,35)36)17-9-19-41-28-15-8-14-27-25(28)16-18-38(27)31(2,3)30(39)40;/h4-8,10-16,18,22H,9,17,19-21H2,1-3H3,(H,39,40);1H/t22-;/m0./s1. The molecular weight excluding hydrogens is 588 g/mol. The molecule has 0 fully saturated rings. The summed E-state index contributed by atoms with van der Waals surface area (Å²) in [4.78, 5) is 13.9. The number of carboxylic acids is 1. The Kier molecular flexibility index (Phi) is 11.0. The molecule has 1 atom stereocenters. The van der Waals surface area contributed by atoms with E-state index in [0.717, 1.165) is 22.5 Å². The van der Waals surface area contributed by atoms with Gasteiger partial charge in [0.2, 0.25) is 0 Å². The Balaban J connectivity index is 0.00000484. The van der Waals surface area contributed by atoms with Crippen molar-refractivity contribution in [2.45, 2.75) is 51.4 Å². The number of hydrogen-bond acceptors (Lipinski definition) is 3. The average molecular weight is 624 g/mol. The highest BCUT2D eigenvalue weighted by Crippen LogP contribution is 2.37. The summed E-state index contributed by atoms with van der Waals surface area (Å²) in [5, 5.41) is 10.2. The van der Waals surface area contributed by atoms with Crippen LogP contribution in [0.5, 0.6) is 5.75 Å². The molecule has 0 radical (unpaired) electrons. The van der Waals surface area contributed by atoms with Crippen molar-refractivity contribution in [3.8, 4) is 5.75 Å². The molecule has 0 aliphatic heterocycles. The third kappa shape index (κ3) is 7.60. The Labute approximate surface area is 255 Å². The zero-order valence-corrected chi connectivity index (χ0v) is 25.3. The molecule has 10 heteroatoms. The quantitative estimate of drug-likeness (QED) is 0.161. The molecule has 4 aromatic rings. The van der Waals surface area contributed by atoms with E-state index in [2.05, 4.69) is 11.8 Å². The number of alkyl halides is 3. The minimum absolute atomic E-state index is 0. The molecule has 4 rings (SSSR count). The van der Waals surface area contributed by atoms with Crippen molar-refractivity contribution in [2.24, 2.45) is 0 Å². The van der Waals surface area contributed by atoms with Crippen molar-refractivity contribution in [3.63, 3.8) is 0 Å². The summed E-state index contributed by atoms with van der Waals surface area (Å²) in [5.41, 5.74) is 0.370. The number of halogens is 5. The Bertz CT molecular complexity index is 1490. The Morgan fingerprint density at radius 1 is 1.02 bits per heavy atom. The first-order valence-electron chi connectivity index (χ1n) is 13.5. The molecule has 42 heavy (non-hydrogen) atoms. The Morgan fingerprint density at radius 2 is 1.71 bits per heavy atom. The van der Waals surface area contributed by atoms with Crippen LogP contribution in [0, 0.1) is 0 Å². The molecule has 0 saturated heterocycles. The van der Waals surface area contributed by atoms with Gasteiger partial charge in [-0.15, -0.1) is 12.4 Å². The maximum Gasteiger partial charge on any atom is 0.417 e. The maximum atomic E-state index is 13.5. The van der Waals surface area contributed by atoms with E-state index in [9.17, 15) is 23.1 Å². The summed E-state index contributed by atoms with van der Waals surface area (Å²) < 4.78 is 48.3. The Hall–Kier alpha value is -3.20. The zero-order chi connectivity index (χ0) is 29.8. The minimum Gasteiger partial charge on any atom is -0.493 e. The summed E-state index contributed by atoms with van der Waals surface area (Å²) in [6, 6.07) is 21.4. The lowest BCUT2D eigenvalue weighted by Gasteiger charge is -2.27. The number of rotatable bonds is 12. The number of fused-ring (bicyclic) bond motifs is 1. The van der Waals surface area contributed by atoms with Gasteiger partial charge in [0.1, 0.15) is 11.3 Å². The van der Waals surface area contributed by atoms with Gasteiger partial charge >= 0.3 is 12.1 Å². The SMILES string of the molecule is C[C@@H](CN(CCCOc1cccc2c1ccn2C(C)(C)C(=O)O)Cc1cccc(C(F)(F)F)c1Cl)c1ccccc1.Cl. The number of aromatic nitrogens is 1. The second-order valence-corrected chi connectivity index (χ2v) is 11.1. The van der Waals surface area contributed by atoms with Gasteiger partial charge in [0.05, 0.1) is 22.7 Å². The van der Waals surface area contributed by atoms with Crippen LogP contribution in [0.15, 0.2) is 79.0 Å². The van der Waals surface area contributed by atoms with E-state index in [0.29, 0.717) is 37.4 Å². The van der Waals surface area contributed by atoms with Crippen molar-refractivity contribution < 1.29 is 27.8 Å². The number of hydrogen-bond donors (Lipinski definition) is 1. The highest BCUT2D eigenvalue weighted by molar-refractivity contribution is 6.32. The van der Waals surface area contributed by atoms with Gasteiger partial charge in [-0.05, 0) is 61.6 Å². The first kappa shape index (κ1) is 33.3. The third-order valence-corrected chi connectivity index (χ3v) is 7.82. The van der Waals surface area contributed by atoms with Gasteiger partial charge in [-0.25, -0.2) is 4.79 Å². The van der Waals surface area contributed by atoms with Crippen molar-refractivity contribution in [1.29, 1.82) is 0 Å². The number of ether oxygens (including phenoxy) is 1. The lowest BCUT2D eigenvalue weighted by atomic mass is 10.00. The number of carbonyl (C=O) groups is 1. The van der Waals surface area contributed by atoms with Gasteiger partial charge in [-0.3, -0.25) is 4.90 Å². The number of benzene rings is 3. The van der Waals surface area contributed by atoms with E-state index in [-0.39, 0.29) is 29.9 Å². The molecule has 5 nitrogen and oxygen atoms in total. The summed E-state index contributed by atoms with van der Waals surface area (Å²) in [5.74, 6) is -0.146. The largest absolute Gasteiger partial charge is 0.493 e. The fraction of sp³-hybridized carbons (Fsp3) is 0.344. The van der Waals surface area contributed by atoms with Crippen molar-refractivity contribution in [3.05, 3.63) is 101 Å². The van der Waals surface area contributed by atoms with Crippen molar-refractivity contribution in [1.82, 2.24) is 9.47 Å². The summed E-state index contributed by atoms with van der Waals surface area (Å²) in [6.45, 7) is 7.22. The van der Waals surface area contributed by atoms with Crippen LogP contribution in [0.1, 0.15) is 49.8 Å². The van der Waals surface area contributed by atoms with E-state index < -0.39 is 23.2 Å². The van der Waals surface area contributed by atoms with Crippen LogP contribution < -0.4 is 4.74 Å². The fourth-order valence-electron chi connectivity index (χ4n) is 5.00. The molecule has 1 heterocycles. The highest BCUT2D eigenvalue weighted by atomic mass is 35.5. The van der Waals surface area contributed by atoms with Crippen molar-refractivity contribution in [2.75, 3.05) is 19.7 Å². The molecule has 1 aromatic heterocycles. The normalized spacial score (nSPS) is 12.8. The maximum absolute atomic E-state index is 13.5. The molecule has 0 bridgehead atoms. The fourth-order valence-corrected chi connectivity index (χ4v) is 5.29. The molecule has 0 unspecified atom stereocenters. The summed E-state index contributed by atoms with van der Waals surface area (Å²) in [7, 11) is 0. The predicted octanol–water partition coefficient (Wildman–Crippen LogP) is 8.63. The van der Waals surface area contributed by atoms with Crippen LogP contribution in [-0.4, -0.2) is 40.2 Å². The van der Waals surface area contributed by atoms with Crippen LogP contribution in [0.2, 0.25) is 5.02 Å². The summed E-state index contributed by atoms with van der Waals surface area (Å²) in [6.07, 6.45) is -2.16. The molecule has 0 aliphatic rings. The number of carboxylic acid groups (broad SMARTS) is 1. The molecule has 226 valence electrons. The topological polar surface area (TPSA) is 54.7 Å². The van der Waals surface area contributed by atoms with Crippen molar-refractivity contribution >= 4 is 40.9 Å². The smallest absolute Gasteiger partial charge is 0.417 e. The second-order valence-electron chi connectivity index (χ2n) is 10.8. The molecule has 1 N–H and O–H groups in total. The minimum atomic E-state index is -4.53. The first-order chi connectivity index (χ1) is 19.4. The molecule has 0 spiro atoms. The van der Waals surface area contributed by atoms with E-state index in [1.807, 2.05) is 54.6 Å². The first-order valence-corrected chi connectivity index (χ1v) is 13.9. The van der Waals surface area contributed by atoms with E-state index in [1.54, 1.807) is 30.7 Å². The molecule has 0 aliphatic carbocycles. The molecular formula is C32H35Cl2F3N2O3. The predicted molar refractivity (Wildman–Crippen MR) is 163 cm³/mol.